The van der Waals surface area contributed by atoms with Crippen molar-refractivity contribution in [2.75, 3.05) is 6.54 Å². The summed E-state index contributed by atoms with van der Waals surface area (Å²) in [5, 5.41) is 11.7. The van der Waals surface area contributed by atoms with Gasteiger partial charge in [-0.05, 0) is 37.6 Å². The Balaban J connectivity index is 2.12. The highest BCUT2D eigenvalue weighted by Crippen LogP contribution is 2.32. The van der Waals surface area contributed by atoms with Gasteiger partial charge in [-0.3, -0.25) is 4.79 Å². The van der Waals surface area contributed by atoms with Crippen molar-refractivity contribution in [3.8, 4) is 11.3 Å². The van der Waals surface area contributed by atoms with Crippen LogP contribution >= 0.6 is 0 Å². The number of aliphatic hydroxyl groups excluding tert-OH is 1. The third-order valence-corrected chi connectivity index (χ3v) is 3.15. The van der Waals surface area contributed by atoms with Crippen molar-refractivity contribution in [1.82, 2.24) is 5.32 Å². The van der Waals surface area contributed by atoms with Crippen LogP contribution in [0.2, 0.25) is 0 Å². The van der Waals surface area contributed by atoms with E-state index in [0.29, 0.717) is 6.42 Å². The molecule has 1 unspecified atom stereocenters. The average Bonchev–Trinajstić information content (AvgIpc) is 2.96. The molecule has 1 heterocycles. The second kappa shape index (κ2) is 6.87. The highest BCUT2D eigenvalue weighted by molar-refractivity contribution is 5.92. The Hall–Kier alpha value is -2.28. The lowest BCUT2D eigenvalue weighted by molar-refractivity contribution is -0.137. The van der Waals surface area contributed by atoms with E-state index in [1.54, 1.807) is 6.92 Å². The zero-order valence-corrected chi connectivity index (χ0v) is 12.4. The molecule has 0 aliphatic rings. The van der Waals surface area contributed by atoms with Gasteiger partial charge in [-0.2, -0.15) is 13.2 Å². The van der Waals surface area contributed by atoms with Gasteiger partial charge in [0.1, 0.15) is 5.76 Å². The number of benzene rings is 1. The van der Waals surface area contributed by atoms with E-state index in [0.717, 1.165) is 12.1 Å². The maximum Gasteiger partial charge on any atom is 0.416 e. The van der Waals surface area contributed by atoms with Crippen LogP contribution in [-0.4, -0.2) is 23.7 Å². The normalized spacial score (nSPS) is 12.9. The monoisotopic (exact) mass is 327 g/mol. The summed E-state index contributed by atoms with van der Waals surface area (Å²) in [6, 6.07) is 7.53. The first-order chi connectivity index (χ1) is 10.8. The predicted molar refractivity (Wildman–Crippen MR) is 77.8 cm³/mol. The Morgan fingerprint density at radius 2 is 2.04 bits per heavy atom. The van der Waals surface area contributed by atoms with E-state index >= 15 is 0 Å². The molecular weight excluding hydrogens is 311 g/mol. The zero-order valence-electron chi connectivity index (χ0n) is 12.4. The molecule has 0 saturated carbocycles. The lowest BCUT2D eigenvalue weighted by Gasteiger charge is -2.07. The molecule has 0 radical (unpaired) electrons. The fourth-order valence-corrected chi connectivity index (χ4v) is 1.95. The minimum Gasteiger partial charge on any atom is -0.451 e. The van der Waals surface area contributed by atoms with E-state index in [4.69, 9.17) is 9.52 Å². The van der Waals surface area contributed by atoms with Gasteiger partial charge in [0.25, 0.3) is 5.91 Å². The molecule has 0 bridgehead atoms. The second-order valence-corrected chi connectivity index (χ2v) is 5.14. The molecule has 23 heavy (non-hydrogen) atoms. The van der Waals surface area contributed by atoms with Crippen molar-refractivity contribution in [3.05, 3.63) is 47.7 Å². The van der Waals surface area contributed by atoms with Crippen molar-refractivity contribution in [2.45, 2.75) is 25.6 Å². The lowest BCUT2D eigenvalue weighted by atomic mass is 10.1. The van der Waals surface area contributed by atoms with Gasteiger partial charge >= 0.3 is 6.18 Å². The van der Waals surface area contributed by atoms with E-state index in [1.807, 2.05) is 0 Å². The molecule has 124 valence electrons. The van der Waals surface area contributed by atoms with Crippen molar-refractivity contribution in [2.24, 2.45) is 0 Å². The summed E-state index contributed by atoms with van der Waals surface area (Å²) >= 11 is 0. The molecule has 0 spiro atoms. The van der Waals surface area contributed by atoms with Crippen LogP contribution in [-0.2, 0) is 6.18 Å². The molecule has 1 atom stereocenters. The molecule has 4 nitrogen and oxygen atoms in total. The van der Waals surface area contributed by atoms with Crippen molar-refractivity contribution in [1.29, 1.82) is 0 Å². The average molecular weight is 327 g/mol. The number of halogens is 3. The Morgan fingerprint density at radius 3 is 2.70 bits per heavy atom. The number of carbonyl (C=O) groups excluding carboxylic acids is 1. The summed E-state index contributed by atoms with van der Waals surface area (Å²) < 4.78 is 43.4. The molecule has 1 aromatic carbocycles. The Morgan fingerprint density at radius 1 is 1.30 bits per heavy atom. The number of furan rings is 1. The Bertz CT molecular complexity index is 677. The predicted octanol–water partition coefficient (Wildman–Crippen LogP) is 3.47. The minimum absolute atomic E-state index is 0.00278. The van der Waals surface area contributed by atoms with E-state index in [-0.39, 0.29) is 23.6 Å². The smallest absolute Gasteiger partial charge is 0.416 e. The van der Waals surface area contributed by atoms with Gasteiger partial charge in [-0.15, -0.1) is 0 Å². The summed E-state index contributed by atoms with van der Waals surface area (Å²) in [5.74, 6) is -0.302. The maximum absolute atomic E-state index is 12.7. The van der Waals surface area contributed by atoms with Crippen LogP contribution in [0.1, 0.15) is 29.5 Å². The summed E-state index contributed by atoms with van der Waals surface area (Å²) in [4.78, 5) is 11.8. The minimum atomic E-state index is -4.44. The lowest BCUT2D eigenvalue weighted by Crippen LogP contribution is -2.26. The largest absolute Gasteiger partial charge is 0.451 e. The SMILES string of the molecule is CC(O)CCNC(=O)c1ccc(-c2cccc(C(F)(F)F)c2)o1. The third-order valence-electron chi connectivity index (χ3n) is 3.15. The first-order valence-electron chi connectivity index (χ1n) is 7.01. The molecule has 0 saturated heterocycles. The van der Waals surface area contributed by atoms with Gasteiger partial charge in [0.2, 0.25) is 0 Å². The number of nitrogens with one attached hydrogen (secondary N) is 1. The number of aliphatic hydroxyl groups is 1. The topological polar surface area (TPSA) is 62.5 Å². The highest BCUT2D eigenvalue weighted by atomic mass is 19.4. The Kier molecular flexibility index (Phi) is 5.10. The van der Waals surface area contributed by atoms with Crippen LogP contribution in [0.15, 0.2) is 40.8 Å². The van der Waals surface area contributed by atoms with Crippen LogP contribution in [0, 0.1) is 0 Å². The van der Waals surface area contributed by atoms with Gasteiger partial charge in [0.05, 0.1) is 11.7 Å². The van der Waals surface area contributed by atoms with E-state index in [2.05, 4.69) is 5.32 Å². The molecule has 0 aliphatic heterocycles. The van der Waals surface area contributed by atoms with Crippen LogP contribution in [0.25, 0.3) is 11.3 Å². The van der Waals surface area contributed by atoms with Crippen LogP contribution < -0.4 is 5.32 Å². The number of amides is 1. The number of alkyl halides is 3. The molecule has 2 aromatic rings. The first-order valence-corrected chi connectivity index (χ1v) is 7.01. The molecule has 2 rings (SSSR count). The summed E-state index contributed by atoms with van der Waals surface area (Å²) in [6.45, 7) is 1.88. The van der Waals surface area contributed by atoms with Crippen molar-refractivity contribution >= 4 is 5.91 Å². The van der Waals surface area contributed by atoms with Gasteiger partial charge < -0.3 is 14.8 Å². The standard InChI is InChI=1S/C16H16F3NO3/c1-10(21)7-8-20-15(22)14-6-5-13(23-14)11-3-2-4-12(9-11)16(17,18)19/h2-6,9-10,21H,7-8H2,1H3,(H,20,22). The highest BCUT2D eigenvalue weighted by Gasteiger charge is 2.30. The summed E-state index contributed by atoms with van der Waals surface area (Å²) in [6.07, 6.45) is -4.58. The fourth-order valence-electron chi connectivity index (χ4n) is 1.95. The van der Waals surface area contributed by atoms with Crippen LogP contribution in [0.3, 0.4) is 0 Å². The van der Waals surface area contributed by atoms with Crippen LogP contribution in [0.4, 0.5) is 13.2 Å². The molecule has 1 amide bonds. The first kappa shape index (κ1) is 17.1. The van der Waals surface area contributed by atoms with E-state index < -0.39 is 23.8 Å². The number of rotatable bonds is 5. The van der Waals surface area contributed by atoms with Crippen molar-refractivity contribution < 1.29 is 27.5 Å². The number of carbonyl (C=O) groups is 1. The molecule has 7 heteroatoms. The number of hydrogen-bond acceptors (Lipinski definition) is 3. The zero-order chi connectivity index (χ0) is 17.0. The van der Waals surface area contributed by atoms with Gasteiger partial charge in [-0.25, -0.2) is 0 Å². The fraction of sp³-hybridized carbons (Fsp3) is 0.312. The maximum atomic E-state index is 12.7. The third kappa shape index (κ3) is 4.59. The molecule has 0 fully saturated rings. The molecule has 2 N–H and O–H groups in total. The molecular formula is C16H16F3NO3. The van der Waals surface area contributed by atoms with E-state index in [9.17, 15) is 18.0 Å². The van der Waals surface area contributed by atoms with Crippen molar-refractivity contribution in [3.63, 3.8) is 0 Å². The van der Waals surface area contributed by atoms with Crippen LogP contribution in [0.5, 0.6) is 0 Å². The number of hydrogen-bond donors (Lipinski definition) is 2. The van der Waals surface area contributed by atoms with Gasteiger partial charge in [0, 0.05) is 12.1 Å². The van der Waals surface area contributed by atoms with E-state index in [1.165, 1.54) is 24.3 Å². The quantitative estimate of drug-likeness (QED) is 0.884. The van der Waals surface area contributed by atoms with Gasteiger partial charge in [0.15, 0.2) is 5.76 Å². The van der Waals surface area contributed by atoms with Gasteiger partial charge in [-0.1, -0.05) is 12.1 Å². The molecule has 0 aliphatic carbocycles. The summed E-state index contributed by atoms with van der Waals surface area (Å²) in [7, 11) is 0. The second-order valence-electron chi connectivity index (χ2n) is 5.14. The Labute approximate surface area is 130 Å². The molecule has 1 aromatic heterocycles. The summed E-state index contributed by atoms with van der Waals surface area (Å²) in [5.41, 5.74) is -0.544.